The highest BCUT2D eigenvalue weighted by Gasteiger charge is 2.40. The maximum absolute atomic E-state index is 13.2. The lowest BCUT2D eigenvalue weighted by Crippen LogP contribution is -2.59. The number of halogens is 3. The van der Waals surface area contributed by atoms with E-state index in [4.69, 9.17) is 4.74 Å². The third-order valence-electron chi connectivity index (χ3n) is 6.37. The minimum absolute atomic E-state index is 0.192. The number of benzene rings is 1. The number of morpholine rings is 1. The van der Waals surface area contributed by atoms with Crippen molar-refractivity contribution in [1.82, 2.24) is 9.21 Å². The second-order valence-corrected chi connectivity index (χ2v) is 11.6. The lowest BCUT2D eigenvalue weighted by molar-refractivity contribution is -0.114. The van der Waals surface area contributed by atoms with Crippen LogP contribution in [0, 0.1) is 0 Å². The Morgan fingerprint density at radius 3 is 2.41 bits per heavy atom. The van der Waals surface area contributed by atoms with E-state index in [2.05, 4.69) is 9.80 Å². The fourth-order valence-corrected chi connectivity index (χ4v) is 6.98. The fraction of sp³-hybridized carbons (Fsp3) is 0.545. The molecule has 0 bridgehead atoms. The smallest absolute Gasteiger partial charge is 0.273 e. The highest BCUT2D eigenvalue weighted by atomic mass is 32.2. The largest absolute Gasteiger partial charge is 0.379 e. The van der Waals surface area contributed by atoms with Gasteiger partial charge in [0, 0.05) is 45.0 Å². The number of anilines is 1. The predicted octanol–water partition coefficient (Wildman–Crippen LogP) is 2.38. The van der Waals surface area contributed by atoms with Gasteiger partial charge in [-0.1, -0.05) is 18.2 Å². The SMILES string of the molecule is O=S(=O)(c1cccs1)N1CCN(c2ccc(C(O)(CF)C(F)F)cc2)[C@H](CN2CCOCC2)C1. The van der Waals surface area contributed by atoms with Gasteiger partial charge in [-0.2, -0.15) is 4.31 Å². The van der Waals surface area contributed by atoms with Gasteiger partial charge in [0.05, 0.1) is 19.3 Å². The van der Waals surface area contributed by atoms with E-state index < -0.39 is 28.7 Å². The van der Waals surface area contributed by atoms with Gasteiger partial charge in [0.15, 0.2) is 5.60 Å². The summed E-state index contributed by atoms with van der Waals surface area (Å²) in [4.78, 5) is 4.27. The zero-order valence-corrected chi connectivity index (χ0v) is 20.2. The van der Waals surface area contributed by atoms with E-state index in [0.717, 1.165) is 13.1 Å². The van der Waals surface area contributed by atoms with Gasteiger partial charge in [-0.15, -0.1) is 11.3 Å². The van der Waals surface area contributed by atoms with Crippen LogP contribution in [0.3, 0.4) is 0 Å². The van der Waals surface area contributed by atoms with Crippen molar-refractivity contribution in [1.29, 1.82) is 0 Å². The molecule has 4 rings (SSSR count). The van der Waals surface area contributed by atoms with Crippen LogP contribution in [-0.4, -0.2) is 94.4 Å². The minimum atomic E-state index is -3.61. The van der Waals surface area contributed by atoms with Crippen molar-refractivity contribution in [3.8, 4) is 0 Å². The van der Waals surface area contributed by atoms with Crippen molar-refractivity contribution in [2.75, 3.05) is 64.1 Å². The number of thiophene rings is 1. The Kier molecular flexibility index (Phi) is 7.85. The van der Waals surface area contributed by atoms with E-state index in [1.807, 2.05) is 0 Å². The van der Waals surface area contributed by atoms with Crippen LogP contribution in [-0.2, 0) is 20.4 Å². The van der Waals surface area contributed by atoms with Crippen LogP contribution in [0.2, 0.25) is 0 Å². The van der Waals surface area contributed by atoms with Crippen LogP contribution in [0.5, 0.6) is 0 Å². The topological polar surface area (TPSA) is 73.3 Å². The van der Waals surface area contributed by atoms with Gasteiger partial charge >= 0.3 is 0 Å². The highest BCUT2D eigenvalue weighted by molar-refractivity contribution is 7.91. The van der Waals surface area contributed by atoms with Gasteiger partial charge in [0.25, 0.3) is 16.4 Å². The molecule has 1 aromatic heterocycles. The highest BCUT2D eigenvalue weighted by Crippen LogP contribution is 2.32. The Labute approximate surface area is 201 Å². The summed E-state index contributed by atoms with van der Waals surface area (Å²) in [5, 5.41) is 11.8. The average Bonchev–Trinajstić information content (AvgIpc) is 3.40. The van der Waals surface area contributed by atoms with Crippen molar-refractivity contribution < 1.29 is 31.4 Å². The number of rotatable bonds is 8. The molecule has 7 nitrogen and oxygen atoms in total. The number of hydrogen-bond acceptors (Lipinski definition) is 7. The second-order valence-electron chi connectivity index (χ2n) is 8.46. The number of sulfonamides is 1. The van der Waals surface area contributed by atoms with E-state index in [-0.39, 0.29) is 24.7 Å². The summed E-state index contributed by atoms with van der Waals surface area (Å²) in [6, 6.07) is 8.88. The van der Waals surface area contributed by atoms with Crippen molar-refractivity contribution in [3.63, 3.8) is 0 Å². The van der Waals surface area contributed by atoms with Gasteiger partial charge < -0.3 is 14.7 Å². The second kappa shape index (κ2) is 10.5. The first-order valence-electron chi connectivity index (χ1n) is 11.0. The molecule has 1 unspecified atom stereocenters. The summed E-state index contributed by atoms with van der Waals surface area (Å²) in [7, 11) is -3.61. The van der Waals surface area contributed by atoms with Crippen molar-refractivity contribution in [2.24, 2.45) is 0 Å². The molecule has 0 spiro atoms. The maximum Gasteiger partial charge on any atom is 0.273 e. The van der Waals surface area contributed by atoms with Crippen LogP contribution >= 0.6 is 11.3 Å². The monoisotopic (exact) mass is 519 g/mol. The molecule has 2 aromatic rings. The Morgan fingerprint density at radius 1 is 1.12 bits per heavy atom. The standard InChI is InChI=1S/C22H28F3N3O4S2/c23-16-22(29,21(24)25)17-3-5-18(6-4-17)28-8-7-27(34(30,31)20-2-1-13-33-20)15-19(28)14-26-9-11-32-12-10-26/h1-6,13,19,21,29H,7-12,14-16H2/t19-,22?/m1/s1. The van der Waals surface area contributed by atoms with Gasteiger partial charge in [-0.3, -0.25) is 4.90 Å². The molecule has 2 atom stereocenters. The molecule has 0 radical (unpaired) electrons. The molecule has 2 saturated heterocycles. The summed E-state index contributed by atoms with van der Waals surface area (Å²) in [6.07, 6.45) is -3.26. The molecule has 188 valence electrons. The lowest BCUT2D eigenvalue weighted by atomic mass is 9.95. The summed E-state index contributed by atoms with van der Waals surface area (Å²) in [5.74, 6) is 0. The number of piperazine rings is 1. The Bertz CT molecular complexity index is 1030. The quantitative estimate of drug-likeness (QED) is 0.578. The minimum Gasteiger partial charge on any atom is -0.379 e. The molecule has 2 fully saturated rings. The molecule has 3 heterocycles. The first-order chi connectivity index (χ1) is 16.3. The summed E-state index contributed by atoms with van der Waals surface area (Å²) < 4.78 is 73.2. The zero-order chi connectivity index (χ0) is 24.3. The molecule has 2 aliphatic heterocycles. The van der Waals surface area contributed by atoms with E-state index in [9.17, 15) is 26.7 Å². The lowest BCUT2D eigenvalue weighted by Gasteiger charge is -2.44. The molecule has 12 heteroatoms. The Morgan fingerprint density at radius 2 is 1.82 bits per heavy atom. The number of aliphatic hydroxyl groups is 1. The van der Waals surface area contributed by atoms with Gasteiger partial charge in [0.2, 0.25) is 0 Å². The van der Waals surface area contributed by atoms with E-state index in [1.165, 1.54) is 27.8 Å². The maximum atomic E-state index is 13.2. The third kappa shape index (κ3) is 5.12. The molecule has 0 saturated carbocycles. The molecule has 0 amide bonds. The summed E-state index contributed by atoms with van der Waals surface area (Å²) in [5.41, 5.74) is -2.35. The van der Waals surface area contributed by atoms with E-state index in [0.29, 0.717) is 36.2 Å². The normalized spacial score (nSPS) is 22.7. The molecule has 1 N–H and O–H groups in total. The van der Waals surface area contributed by atoms with E-state index in [1.54, 1.807) is 29.6 Å². The average molecular weight is 520 g/mol. The van der Waals surface area contributed by atoms with Crippen molar-refractivity contribution in [3.05, 3.63) is 47.3 Å². The molecule has 1 aromatic carbocycles. The zero-order valence-electron chi connectivity index (χ0n) is 18.5. The molecular formula is C22H28F3N3O4S2. The number of ether oxygens (including phenoxy) is 1. The van der Waals surface area contributed by atoms with E-state index >= 15 is 0 Å². The first-order valence-corrected chi connectivity index (χ1v) is 13.3. The molecule has 34 heavy (non-hydrogen) atoms. The Balaban J connectivity index is 1.58. The van der Waals surface area contributed by atoms with Crippen LogP contribution < -0.4 is 4.90 Å². The van der Waals surface area contributed by atoms with Gasteiger partial charge in [0.1, 0.15) is 10.9 Å². The molecule has 2 aliphatic rings. The van der Waals surface area contributed by atoms with Crippen LogP contribution in [0.4, 0.5) is 18.9 Å². The van der Waals surface area contributed by atoms with Crippen molar-refractivity contribution in [2.45, 2.75) is 22.3 Å². The predicted molar refractivity (Wildman–Crippen MR) is 124 cm³/mol. The summed E-state index contributed by atoms with van der Waals surface area (Å²) in [6.45, 7) is 2.63. The summed E-state index contributed by atoms with van der Waals surface area (Å²) >= 11 is 1.18. The fourth-order valence-electron chi connectivity index (χ4n) is 4.36. The number of nitrogens with zero attached hydrogens (tertiary/aromatic N) is 3. The first kappa shape index (κ1) is 25.4. The van der Waals surface area contributed by atoms with Gasteiger partial charge in [-0.25, -0.2) is 21.6 Å². The number of alkyl halides is 3. The number of hydrogen-bond donors (Lipinski definition) is 1. The molecule has 0 aliphatic carbocycles. The third-order valence-corrected chi connectivity index (χ3v) is 9.61. The van der Waals surface area contributed by atoms with Crippen LogP contribution in [0.25, 0.3) is 0 Å². The van der Waals surface area contributed by atoms with Crippen LogP contribution in [0.1, 0.15) is 5.56 Å². The Hall–Kier alpha value is -1.70. The van der Waals surface area contributed by atoms with Crippen molar-refractivity contribution >= 4 is 27.0 Å². The van der Waals surface area contributed by atoms with Crippen LogP contribution in [0.15, 0.2) is 46.0 Å². The molecular weight excluding hydrogens is 491 g/mol. The van der Waals surface area contributed by atoms with Gasteiger partial charge in [-0.05, 0) is 29.1 Å².